The van der Waals surface area contributed by atoms with Crippen molar-refractivity contribution in [1.29, 1.82) is 0 Å². The van der Waals surface area contributed by atoms with Crippen LogP contribution in [0.3, 0.4) is 0 Å². The maximum Gasteiger partial charge on any atom is 0.0476 e. The molecule has 59 valence electrons. The van der Waals surface area contributed by atoms with Gasteiger partial charge in [-0.1, -0.05) is 13.8 Å². The standard InChI is InChI=1S/C8H17N2/c1-3-8(4-2)7-9-5-6-10-8/h9H,3-7H2,1-2H3. The van der Waals surface area contributed by atoms with Gasteiger partial charge in [0.2, 0.25) is 0 Å². The van der Waals surface area contributed by atoms with E-state index in [1.54, 1.807) is 0 Å². The predicted molar refractivity (Wildman–Crippen MR) is 43.2 cm³/mol. The molecule has 0 amide bonds. The zero-order chi connectivity index (χ0) is 7.45. The second kappa shape index (κ2) is 3.35. The van der Waals surface area contributed by atoms with Crippen LogP contribution in [-0.2, 0) is 0 Å². The smallest absolute Gasteiger partial charge is 0.0476 e. The second-order valence-corrected chi connectivity index (χ2v) is 2.99. The predicted octanol–water partition coefficient (Wildman–Crippen LogP) is 0.753. The van der Waals surface area contributed by atoms with Gasteiger partial charge in [-0.2, -0.15) is 0 Å². The molecule has 0 atom stereocenters. The fourth-order valence-electron chi connectivity index (χ4n) is 1.47. The van der Waals surface area contributed by atoms with Gasteiger partial charge < -0.3 is 5.32 Å². The fourth-order valence-corrected chi connectivity index (χ4v) is 1.47. The van der Waals surface area contributed by atoms with E-state index in [0.29, 0.717) is 0 Å². The Morgan fingerprint density at radius 2 is 2.10 bits per heavy atom. The maximum atomic E-state index is 4.64. The molecule has 1 saturated heterocycles. The van der Waals surface area contributed by atoms with Crippen LogP contribution in [0.4, 0.5) is 0 Å². The van der Waals surface area contributed by atoms with Crippen LogP contribution in [0.25, 0.3) is 0 Å². The van der Waals surface area contributed by atoms with Crippen LogP contribution in [0.2, 0.25) is 0 Å². The lowest BCUT2D eigenvalue weighted by atomic mass is 9.91. The van der Waals surface area contributed by atoms with Crippen molar-refractivity contribution < 1.29 is 0 Å². The van der Waals surface area contributed by atoms with Gasteiger partial charge in [0.05, 0.1) is 0 Å². The largest absolute Gasteiger partial charge is 0.314 e. The highest BCUT2D eigenvalue weighted by molar-refractivity contribution is 4.90. The van der Waals surface area contributed by atoms with E-state index in [0.717, 1.165) is 19.6 Å². The highest BCUT2D eigenvalue weighted by Gasteiger charge is 2.28. The Morgan fingerprint density at radius 1 is 1.40 bits per heavy atom. The van der Waals surface area contributed by atoms with Gasteiger partial charge in [-0.05, 0) is 12.8 Å². The van der Waals surface area contributed by atoms with Crippen molar-refractivity contribution in [3.05, 3.63) is 0 Å². The number of nitrogens with one attached hydrogen (secondary N) is 1. The van der Waals surface area contributed by atoms with Gasteiger partial charge in [0, 0.05) is 25.2 Å². The maximum absolute atomic E-state index is 4.64. The molecule has 1 heterocycles. The molecular formula is C8H17N2. The van der Waals surface area contributed by atoms with Crippen molar-refractivity contribution in [2.45, 2.75) is 32.2 Å². The number of hydrogen-bond acceptors (Lipinski definition) is 1. The Balaban J connectivity index is 2.44. The molecule has 0 aromatic heterocycles. The third-order valence-corrected chi connectivity index (χ3v) is 2.51. The van der Waals surface area contributed by atoms with Gasteiger partial charge >= 0.3 is 0 Å². The lowest BCUT2D eigenvalue weighted by molar-refractivity contribution is 0.247. The van der Waals surface area contributed by atoms with Crippen molar-refractivity contribution >= 4 is 0 Å². The summed E-state index contributed by atoms with van der Waals surface area (Å²) in [5.41, 5.74) is 0.276. The third kappa shape index (κ3) is 1.50. The number of nitrogens with zero attached hydrogens (tertiary/aromatic N) is 1. The minimum atomic E-state index is 0.276. The molecule has 1 fully saturated rings. The average molecular weight is 141 g/mol. The molecule has 1 N–H and O–H groups in total. The Hall–Kier alpha value is -0.0800. The van der Waals surface area contributed by atoms with E-state index in [1.165, 1.54) is 12.8 Å². The van der Waals surface area contributed by atoms with E-state index >= 15 is 0 Å². The summed E-state index contributed by atoms with van der Waals surface area (Å²) in [5.74, 6) is 0. The van der Waals surface area contributed by atoms with Crippen molar-refractivity contribution in [2.75, 3.05) is 19.6 Å². The molecule has 0 aromatic carbocycles. The van der Waals surface area contributed by atoms with Crippen LogP contribution >= 0.6 is 0 Å². The summed E-state index contributed by atoms with van der Waals surface area (Å²) in [4.78, 5) is 0. The van der Waals surface area contributed by atoms with Gasteiger partial charge in [-0.25, -0.2) is 5.32 Å². The Morgan fingerprint density at radius 3 is 2.40 bits per heavy atom. The van der Waals surface area contributed by atoms with Crippen LogP contribution in [-0.4, -0.2) is 25.2 Å². The Kier molecular flexibility index (Phi) is 2.69. The molecular weight excluding hydrogens is 124 g/mol. The molecule has 1 rings (SSSR count). The van der Waals surface area contributed by atoms with Crippen molar-refractivity contribution in [1.82, 2.24) is 10.6 Å². The lowest BCUT2D eigenvalue weighted by Crippen LogP contribution is -2.54. The molecule has 0 unspecified atom stereocenters. The summed E-state index contributed by atoms with van der Waals surface area (Å²) in [6.45, 7) is 7.60. The highest BCUT2D eigenvalue weighted by Crippen LogP contribution is 2.16. The zero-order valence-electron chi connectivity index (χ0n) is 6.98. The molecule has 0 aliphatic carbocycles. The third-order valence-electron chi connectivity index (χ3n) is 2.51. The Labute approximate surface area is 63.4 Å². The van der Waals surface area contributed by atoms with Crippen LogP contribution in [0.5, 0.6) is 0 Å². The minimum Gasteiger partial charge on any atom is -0.314 e. The highest BCUT2D eigenvalue weighted by atomic mass is 15.1. The van der Waals surface area contributed by atoms with Gasteiger partial charge in [0.25, 0.3) is 0 Å². The zero-order valence-corrected chi connectivity index (χ0v) is 6.98. The van der Waals surface area contributed by atoms with Crippen molar-refractivity contribution in [3.8, 4) is 0 Å². The first-order chi connectivity index (χ1) is 4.83. The number of rotatable bonds is 2. The van der Waals surface area contributed by atoms with E-state index in [-0.39, 0.29) is 5.54 Å². The monoisotopic (exact) mass is 141 g/mol. The molecule has 2 nitrogen and oxygen atoms in total. The second-order valence-electron chi connectivity index (χ2n) is 2.99. The van der Waals surface area contributed by atoms with Crippen LogP contribution < -0.4 is 10.6 Å². The molecule has 0 spiro atoms. The SMILES string of the molecule is CCC1(CC)CNCC[N]1. The van der Waals surface area contributed by atoms with Crippen molar-refractivity contribution in [3.63, 3.8) is 0 Å². The summed E-state index contributed by atoms with van der Waals surface area (Å²) in [7, 11) is 0. The van der Waals surface area contributed by atoms with Crippen LogP contribution in [0, 0.1) is 0 Å². The summed E-state index contributed by atoms with van der Waals surface area (Å²) in [6, 6.07) is 0. The van der Waals surface area contributed by atoms with E-state index in [9.17, 15) is 0 Å². The summed E-state index contributed by atoms with van der Waals surface area (Å²) >= 11 is 0. The normalized spacial score (nSPS) is 24.6. The van der Waals surface area contributed by atoms with Gasteiger partial charge in [-0.15, -0.1) is 0 Å². The topological polar surface area (TPSA) is 26.1 Å². The first-order valence-electron chi connectivity index (χ1n) is 4.22. The van der Waals surface area contributed by atoms with E-state index in [4.69, 9.17) is 0 Å². The molecule has 0 bridgehead atoms. The number of piperazine rings is 1. The molecule has 0 aromatic rings. The van der Waals surface area contributed by atoms with Crippen molar-refractivity contribution in [2.24, 2.45) is 0 Å². The van der Waals surface area contributed by atoms with E-state index in [1.807, 2.05) is 0 Å². The molecule has 2 heteroatoms. The van der Waals surface area contributed by atoms with Gasteiger partial charge in [-0.3, -0.25) is 0 Å². The molecule has 10 heavy (non-hydrogen) atoms. The first-order valence-corrected chi connectivity index (χ1v) is 4.22. The average Bonchev–Trinajstić information content (AvgIpc) is 2.06. The number of hydrogen-bond donors (Lipinski definition) is 1. The van der Waals surface area contributed by atoms with E-state index < -0.39 is 0 Å². The van der Waals surface area contributed by atoms with Gasteiger partial charge in [0.1, 0.15) is 0 Å². The van der Waals surface area contributed by atoms with Crippen LogP contribution in [0.1, 0.15) is 26.7 Å². The van der Waals surface area contributed by atoms with Gasteiger partial charge in [0.15, 0.2) is 0 Å². The summed E-state index contributed by atoms with van der Waals surface area (Å²) < 4.78 is 0. The van der Waals surface area contributed by atoms with Crippen LogP contribution in [0.15, 0.2) is 0 Å². The molecule has 1 aliphatic rings. The fraction of sp³-hybridized carbons (Fsp3) is 1.00. The van der Waals surface area contributed by atoms with E-state index in [2.05, 4.69) is 24.5 Å². The minimum absolute atomic E-state index is 0.276. The molecule has 1 radical (unpaired) electrons. The Bertz CT molecular complexity index is 89.4. The molecule has 1 aliphatic heterocycles. The molecule has 0 saturated carbocycles. The first kappa shape index (κ1) is 8.02. The summed E-state index contributed by atoms with van der Waals surface area (Å²) in [6.07, 6.45) is 2.35. The quantitative estimate of drug-likeness (QED) is 0.603. The lowest BCUT2D eigenvalue weighted by Gasteiger charge is -2.35. The summed E-state index contributed by atoms with van der Waals surface area (Å²) in [5, 5.41) is 8.02.